The molecule has 0 amide bonds. The van der Waals surface area contributed by atoms with Crippen molar-refractivity contribution in [1.82, 2.24) is 10.2 Å². The van der Waals surface area contributed by atoms with E-state index < -0.39 is 0 Å². The van der Waals surface area contributed by atoms with E-state index in [-0.39, 0.29) is 5.75 Å². The molecule has 3 nitrogen and oxygen atoms in total. The molecule has 0 saturated carbocycles. The quantitative estimate of drug-likeness (QED) is 0.767. The van der Waals surface area contributed by atoms with Crippen LogP contribution in [-0.2, 0) is 0 Å². The minimum Gasteiger partial charge on any atom is -0.508 e. The van der Waals surface area contributed by atoms with Crippen molar-refractivity contribution in [2.75, 3.05) is 0 Å². The normalized spacial score (nSPS) is 10.6. The third kappa shape index (κ3) is 2.35. The number of nitrogens with zero attached hydrogens (tertiary/aromatic N) is 2. The molecule has 0 unspecified atom stereocenters. The Hall–Kier alpha value is -2.20. The summed E-state index contributed by atoms with van der Waals surface area (Å²) < 4.78 is 0. The summed E-state index contributed by atoms with van der Waals surface area (Å²) in [7, 11) is 0. The second kappa shape index (κ2) is 4.82. The van der Waals surface area contributed by atoms with Gasteiger partial charge in [0.25, 0.3) is 0 Å². The van der Waals surface area contributed by atoms with Gasteiger partial charge in [0.1, 0.15) is 15.8 Å². The molecule has 94 valence electrons. The van der Waals surface area contributed by atoms with E-state index in [1.165, 1.54) is 0 Å². The van der Waals surface area contributed by atoms with Gasteiger partial charge in [-0.05, 0) is 30.2 Å². The summed E-state index contributed by atoms with van der Waals surface area (Å²) in [6.07, 6.45) is 0. The zero-order valence-electron chi connectivity index (χ0n) is 10.4. The van der Waals surface area contributed by atoms with Crippen molar-refractivity contribution in [3.63, 3.8) is 0 Å². The van der Waals surface area contributed by atoms with Crippen LogP contribution in [0.15, 0.2) is 48.5 Å². The Morgan fingerprint density at radius 3 is 2.21 bits per heavy atom. The van der Waals surface area contributed by atoms with Gasteiger partial charge in [-0.1, -0.05) is 47.7 Å². The molecule has 2 aromatic carbocycles. The third-order valence-corrected chi connectivity index (χ3v) is 3.73. The molecular weight excluding hydrogens is 256 g/mol. The lowest BCUT2D eigenvalue weighted by Gasteiger charge is -2.07. The largest absolute Gasteiger partial charge is 0.508 e. The number of aryl methyl sites for hydroxylation is 1. The Morgan fingerprint density at radius 2 is 1.58 bits per heavy atom. The van der Waals surface area contributed by atoms with E-state index in [9.17, 15) is 5.11 Å². The smallest absolute Gasteiger partial charge is 0.148 e. The van der Waals surface area contributed by atoms with Crippen LogP contribution >= 0.6 is 11.3 Å². The molecule has 0 aliphatic carbocycles. The standard InChI is InChI=1S/C15H12N2OS/c1-10-16-17-15(19-10)14-5-3-2-4-13(14)11-6-8-12(18)9-7-11/h2-9,18H,1H3. The second-order valence-corrected chi connectivity index (χ2v) is 5.40. The number of phenolic OH excluding ortho intramolecular Hbond substituents is 1. The summed E-state index contributed by atoms with van der Waals surface area (Å²) in [5.74, 6) is 0.271. The van der Waals surface area contributed by atoms with Gasteiger partial charge >= 0.3 is 0 Å². The number of aromatic hydroxyl groups is 1. The summed E-state index contributed by atoms with van der Waals surface area (Å²) >= 11 is 1.58. The number of aromatic nitrogens is 2. The molecular formula is C15H12N2OS. The monoisotopic (exact) mass is 268 g/mol. The number of phenols is 1. The number of benzene rings is 2. The van der Waals surface area contributed by atoms with Gasteiger partial charge in [-0.2, -0.15) is 0 Å². The SMILES string of the molecule is Cc1nnc(-c2ccccc2-c2ccc(O)cc2)s1. The maximum absolute atomic E-state index is 9.37. The number of rotatable bonds is 2. The number of hydrogen-bond donors (Lipinski definition) is 1. The summed E-state index contributed by atoms with van der Waals surface area (Å²) in [6, 6.07) is 15.3. The Bertz CT molecular complexity index is 704. The summed E-state index contributed by atoms with van der Waals surface area (Å²) in [5, 5.41) is 19.5. The predicted octanol–water partition coefficient (Wildman–Crippen LogP) is 3.89. The van der Waals surface area contributed by atoms with Crippen molar-refractivity contribution in [1.29, 1.82) is 0 Å². The lowest BCUT2D eigenvalue weighted by Crippen LogP contribution is -1.84. The molecule has 0 aliphatic rings. The van der Waals surface area contributed by atoms with Gasteiger partial charge in [0.2, 0.25) is 0 Å². The first kappa shape index (κ1) is 11.9. The third-order valence-electron chi connectivity index (χ3n) is 2.86. The van der Waals surface area contributed by atoms with E-state index in [0.717, 1.165) is 26.7 Å². The molecule has 0 bridgehead atoms. The van der Waals surface area contributed by atoms with E-state index in [1.54, 1.807) is 23.5 Å². The zero-order chi connectivity index (χ0) is 13.2. The Balaban J connectivity index is 2.14. The molecule has 0 fully saturated rings. The van der Waals surface area contributed by atoms with Gasteiger partial charge in [0, 0.05) is 5.56 Å². The van der Waals surface area contributed by atoms with Crippen molar-refractivity contribution < 1.29 is 5.11 Å². The maximum atomic E-state index is 9.37. The van der Waals surface area contributed by atoms with E-state index >= 15 is 0 Å². The molecule has 1 heterocycles. The molecule has 1 N–H and O–H groups in total. The molecule has 3 rings (SSSR count). The zero-order valence-corrected chi connectivity index (χ0v) is 11.2. The van der Waals surface area contributed by atoms with Gasteiger partial charge in [-0.15, -0.1) is 10.2 Å². The van der Waals surface area contributed by atoms with Crippen molar-refractivity contribution in [2.45, 2.75) is 6.92 Å². The Labute approximate surface area is 115 Å². The van der Waals surface area contributed by atoms with Gasteiger partial charge < -0.3 is 5.11 Å². The van der Waals surface area contributed by atoms with Crippen LogP contribution in [0.4, 0.5) is 0 Å². The molecule has 0 atom stereocenters. The molecule has 0 aliphatic heterocycles. The van der Waals surface area contributed by atoms with Crippen LogP contribution in [-0.4, -0.2) is 15.3 Å². The fourth-order valence-electron chi connectivity index (χ4n) is 1.97. The van der Waals surface area contributed by atoms with Crippen LogP contribution in [0.5, 0.6) is 5.75 Å². The van der Waals surface area contributed by atoms with Crippen LogP contribution < -0.4 is 0 Å². The highest BCUT2D eigenvalue weighted by atomic mass is 32.1. The first-order valence-corrected chi connectivity index (χ1v) is 6.74. The Kier molecular flexibility index (Phi) is 3.01. The van der Waals surface area contributed by atoms with Crippen LogP contribution in [0.25, 0.3) is 21.7 Å². The average Bonchev–Trinajstić information content (AvgIpc) is 2.86. The maximum Gasteiger partial charge on any atom is 0.148 e. The summed E-state index contributed by atoms with van der Waals surface area (Å²) in [6.45, 7) is 1.95. The van der Waals surface area contributed by atoms with Crippen molar-refractivity contribution in [2.24, 2.45) is 0 Å². The van der Waals surface area contributed by atoms with Crippen molar-refractivity contribution in [3.8, 4) is 27.4 Å². The van der Waals surface area contributed by atoms with Gasteiger partial charge in [0.05, 0.1) is 0 Å². The van der Waals surface area contributed by atoms with Crippen molar-refractivity contribution >= 4 is 11.3 Å². The van der Waals surface area contributed by atoms with E-state index in [0.29, 0.717) is 0 Å². The topological polar surface area (TPSA) is 46.0 Å². The average molecular weight is 268 g/mol. The molecule has 0 saturated heterocycles. The van der Waals surface area contributed by atoms with E-state index in [2.05, 4.69) is 16.3 Å². The number of hydrogen-bond acceptors (Lipinski definition) is 4. The van der Waals surface area contributed by atoms with E-state index in [4.69, 9.17) is 0 Å². The molecule has 3 aromatic rings. The van der Waals surface area contributed by atoms with Gasteiger partial charge in [0.15, 0.2) is 0 Å². The lowest BCUT2D eigenvalue weighted by molar-refractivity contribution is 0.475. The first-order valence-electron chi connectivity index (χ1n) is 5.93. The molecule has 4 heteroatoms. The molecule has 0 spiro atoms. The minimum absolute atomic E-state index is 0.271. The Morgan fingerprint density at radius 1 is 0.895 bits per heavy atom. The highest BCUT2D eigenvalue weighted by Crippen LogP contribution is 2.33. The van der Waals surface area contributed by atoms with Gasteiger partial charge in [-0.3, -0.25) is 0 Å². The minimum atomic E-state index is 0.271. The van der Waals surface area contributed by atoms with Crippen molar-refractivity contribution in [3.05, 3.63) is 53.5 Å². The predicted molar refractivity (Wildman–Crippen MR) is 77.2 cm³/mol. The van der Waals surface area contributed by atoms with Gasteiger partial charge in [-0.25, -0.2) is 0 Å². The first-order chi connectivity index (χ1) is 9.24. The molecule has 0 radical (unpaired) electrons. The van der Waals surface area contributed by atoms with Crippen LogP contribution in [0.2, 0.25) is 0 Å². The lowest BCUT2D eigenvalue weighted by atomic mass is 10.00. The highest BCUT2D eigenvalue weighted by molar-refractivity contribution is 7.14. The second-order valence-electron chi connectivity index (χ2n) is 4.22. The van der Waals surface area contributed by atoms with Crippen LogP contribution in [0.1, 0.15) is 5.01 Å². The molecule has 1 aromatic heterocycles. The van der Waals surface area contributed by atoms with Crippen LogP contribution in [0, 0.1) is 6.92 Å². The van der Waals surface area contributed by atoms with E-state index in [1.807, 2.05) is 37.3 Å². The fraction of sp³-hybridized carbons (Fsp3) is 0.0667. The summed E-state index contributed by atoms with van der Waals surface area (Å²) in [5.41, 5.74) is 3.22. The highest BCUT2D eigenvalue weighted by Gasteiger charge is 2.10. The molecule has 19 heavy (non-hydrogen) atoms. The summed E-state index contributed by atoms with van der Waals surface area (Å²) in [4.78, 5) is 0. The van der Waals surface area contributed by atoms with Crippen LogP contribution in [0.3, 0.4) is 0 Å². The fourth-order valence-corrected chi connectivity index (χ4v) is 2.70.